The summed E-state index contributed by atoms with van der Waals surface area (Å²) < 4.78 is 11.1. The van der Waals surface area contributed by atoms with Crippen LogP contribution in [-0.2, 0) is 19.1 Å². The monoisotopic (exact) mass is 624 g/mol. The van der Waals surface area contributed by atoms with E-state index < -0.39 is 6.04 Å². The number of nitrogens with one attached hydrogen (secondary N) is 2. The summed E-state index contributed by atoms with van der Waals surface area (Å²) in [6.07, 6.45) is 9.70. The Morgan fingerprint density at radius 1 is 1.11 bits per heavy atom. The molecule has 2 aromatic rings. The third-order valence-electron chi connectivity index (χ3n) is 7.87. The Balaban J connectivity index is 1.89. The fourth-order valence-corrected chi connectivity index (χ4v) is 5.89. The van der Waals surface area contributed by atoms with Crippen LogP contribution in [0.4, 0.5) is 0 Å². The van der Waals surface area contributed by atoms with Crippen molar-refractivity contribution in [1.29, 1.82) is 0 Å². The summed E-state index contributed by atoms with van der Waals surface area (Å²) in [5, 5.41) is 10.1. The third-order valence-corrected chi connectivity index (χ3v) is 8.33. The van der Waals surface area contributed by atoms with Crippen molar-refractivity contribution in [3.05, 3.63) is 47.4 Å². The van der Waals surface area contributed by atoms with E-state index in [-0.39, 0.29) is 43.0 Å². The average Bonchev–Trinajstić information content (AvgIpc) is 3.04. The minimum absolute atomic E-state index is 0.0584. The van der Waals surface area contributed by atoms with Crippen molar-refractivity contribution in [2.75, 3.05) is 39.6 Å². The second kappa shape index (κ2) is 18.4. The van der Waals surface area contributed by atoms with Crippen LogP contribution in [0, 0.1) is 5.92 Å². The molecule has 44 heavy (non-hydrogen) atoms. The molecule has 240 valence electrons. The minimum Gasteiger partial charge on any atom is -0.489 e. The zero-order chi connectivity index (χ0) is 31.9. The van der Waals surface area contributed by atoms with Gasteiger partial charge in [-0.2, -0.15) is 0 Å². The lowest BCUT2D eigenvalue weighted by molar-refractivity contribution is -0.141. The number of hydrogen-bond acceptors (Lipinski definition) is 8. The van der Waals surface area contributed by atoms with E-state index in [0.29, 0.717) is 24.5 Å². The molecule has 1 unspecified atom stereocenters. The molecule has 0 radical (unpaired) electrons. The van der Waals surface area contributed by atoms with Crippen LogP contribution >= 0.6 is 11.8 Å². The summed E-state index contributed by atoms with van der Waals surface area (Å²) in [7, 11) is 1.74. The minimum atomic E-state index is -0.560. The van der Waals surface area contributed by atoms with Crippen LogP contribution in [0.15, 0.2) is 46.8 Å². The molecule has 1 saturated carbocycles. The maximum atomic E-state index is 14.0. The Kier molecular flexibility index (Phi) is 14.7. The van der Waals surface area contributed by atoms with Gasteiger partial charge >= 0.3 is 5.97 Å². The van der Waals surface area contributed by atoms with Crippen LogP contribution in [0.1, 0.15) is 64.9 Å². The maximum Gasteiger partial charge on any atom is 0.302 e. The second-order valence-corrected chi connectivity index (χ2v) is 11.8. The lowest BCUT2D eigenvalue weighted by atomic mass is 9.83. The van der Waals surface area contributed by atoms with Crippen molar-refractivity contribution in [2.45, 2.75) is 71.4 Å². The Bertz CT molecular complexity index is 1310. The first-order valence-electron chi connectivity index (χ1n) is 15.6. The number of thioether (sulfide) groups is 1. The highest BCUT2D eigenvalue weighted by molar-refractivity contribution is 8.01. The van der Waals surface area contributed by atoms with Gasteiger partial charge in [0.25, 0.3) is 0 Å². The number of ether oxygens (including phenoxy) is 2. The van der Waals surface area contributed by atoms with Crippen molar-refractivity contribution in [2.24, 2.45) is 10.9 Å². The van der Waals surface area contributed by atoms with Crippen LogP contribution in [0.2, 0.25) is 0 Å². The van der Waals surface area contributed by atoms with Gasteiger partial charge in [-0.05, 0) is 67.7 Å². The van der Waals surface area contributed by atoms with E-state index in [0.717, 1.165) is 54.9 Å². The van der Waals surface area contributed by atoms with E-state index in [2.05, 4.69) is 10.6 Å². The molecular formula is C34H48N4O5S. The van der Waals surface area contributed by atoms with E-state index in [1.54, 1.807) is 20.2 Å². The van der Waals surface area contributed by atoms with Crippen LogP contribution in [-0.4, -0.2) is 80.6 Å². The standard InChI is InChI=1S/C34H48N4O5S/c1-6-19-38(34(41)32(27-13-8-7-9-14-27)37-33(40)24(2)35-4)20-18-36-29(23-44-5)31-28-15-11-10-12-26(28)16-17-30(31)43-22-21-42-25(3)39/h10-12,15-18,23-24,27,32,35H,6-9,13-14,19-22H2,1-5H3,(H,37,40)/b29-23-,36-18?/t24-,32?/m0/s1. The molecule has 2 aromatic carbocycles. The molecule has 9 nitrogen and oxygen atoms in total. The molecule has 1 aliphatic carbocycles. The number of rotatable bonds is 16. The summed E-state index contributed by atoms with van der Waals surface area (Å²) in [6, 6.07) is 11.0. The first-order valence-corrected chi connectivity index (χ1v) is 16.9. The highest BCUT2D eigenvalue weighted by atomic mass is 32.2. The number of benzene rings is 2. The topological polar surface area (TPSA) is 109 Å². The van der Waals surface area contributed by atoms with E-state index >= 15 is 0 Å². The molecule has 1 fully saturated rings. The van der Waals surface area contributed by atoms with E-state index in [9.17, 15) is 14.4 Å². The van der Waals surface area contributed by atoms with Crippen LogP contribution in [0.3, 0.4) is 0 Å². The number of amides is 2. The smallest absolute Gasteiger partial charge is 0.302 e. The number of carbonyl (C=O) groups excluding carboxylic acids is 3. The predicted molar refractivity (Wildman–Crippen MR) is 180 cm³/mol. The summed E-state index contributed by atoms with van der Waals surface area (Å²) in [5.41, 5.74) is 1.54. The van der Waals surface area contributed by atoms with Crippen molar-refractivity contribution in [3.8, 4) is 5.75 Å². The number of hydrogen-bond donors (Lipinski definition) is 2. The Labute approximate surface area is 266 Å². The summed E-state index contributed by atoms with van der Waals surface area (Å²) >= 11 is 1.53. The average molecular weight is 625 g/mol. The molecule has 0 aromatic heterocycles. The first-order chi connectivity index (χ1) is 21.3. The molecule has 10 heteroatoms. The molecule has 2 N–H and O–H groups in total. The molecule has 3 rings (SSSR count). The summed E-state index contributed by atoms with van der Waals surface area (Å²) in [5.74, 6) is 0.178. The van der Waals surface area contributed by atoms with Gasteiger partial charge in [-0.3, -0.25) is 19.4 Å². The fourth-order valence-electron chi connectivity index (χ4n) is 5.49. The Hall–Kier alpha value is -3.37. The fraction of sp³-hybridized carbons (Fsp3) is 0.529. The molecule has 2 atom stereocenters. The molecule has 0 spiro atoms. The number of likely N-dealkylation sites (N-methyl/N-ethyl adjacent to an activating group) is 1. The van der Waals surface area contributed by atoms with Gasteiger partial charge in [0.1, 0.15) is 25.0 Å². The van der Waals surface area contributed by atoms with Crippen LogP contribution in [0.5, 0.6) is 5.75 Å². The number of fused-ring (bicyclic) bond motifs is 1. The van der Waals surface area contributed by atoms with Crippen molar-refractivity contribution >= 4 is 52.2 Å². The Morgan fingerprint density at radius 2 is 1.86 bits per heavy atom. The molecule has 2 amide bonds. The van der Waals surface area contributed by atoms with Gasteiger partial charge < -0.3 is 25.0 Å². The van der Waals surface area contributed by atoms with E-state index in [1.807, 2.05) is 59.9 Å². The van der Waals surface area contributed by atoms with Gasteiger partial charge in [-0.15, -0.1) is 11.8 Å². The van der Waals surface area contributed by atoms with E-state index in [4.69, 9.17) is 14.5 Å². The SMILES string of the molecule is CCCN(CC=N/C(=C\SC)c1c(OCCOC(C)=O)ccc2ccccc12)C(=O)C(NC(=O)[C@H](C)NC)C1CCCCC1. The van der Waals surface area contributed by atoms with Gasteiger partial charge in [-0.1, -0.05) is 56.5 Å². The number of carbonyl (C=O) groups is 3. The van der Waals surface area contributed by atoms with Gasteiger partial charge in [0, 0.05) is 19.7 Å². The van der Waals surface area contributed by atoms with Crippen molar-refractivity contribution < 1.29 is 23.9 Å². The third kappa shape index (κ3) is 10.1. The lowest BCUT2D eigenvalue weighted by Crippen LogP contribution is -2.56. The highest BCUT2D eigenvalue weighted by Gasteiger charge is 2.34. The molecule has 0 saturated heterocycles. The lowest BCUT2D eigenvalue weighted by Gasteiger charge is -2.34. The molecule has 0 heterocycles. The van der Waals surface area contributed by atoms with Crippen molar-refractivity contribution in [1.82, 2.24) is 15.5 Å². The zero-order valence-electron chi connectivity index (χ0n) is 26.8. The van der Waals surface area contributed by atoms with Gasteiger partial charge in [0.2, 0.25) is 11.8 Å². The molecule has 0 aliphatic heterocycles. The molecule has 0 bridgehead atoms. The summed E-state index contributed by atoms with van der Waals surface area (Å²) in [4.78, 5) is 44.8. The van der Waals surface area contributed by atoms with Crippen LogP contribution in [0.25, 0.3) is 16.5 Å². The van der Waals surface area contributed by atoms with Gasteiger partial charge in [0.05, 0.1) is 23.8 Å². The van der Waals surface area contributed by atoms with Gasteiger partial charge in [0.15, 0.2) is 0 Å². The van der Waals surface area contributed by atoms with Gasteiger partial charge in [-0.25, -0.2) is 0 Å². The number of nitrogens with zero attached hydrogens (tertiary/aromatic N) is 2. The largest absolute Gasteiger partial charge is 0.489 e. The normalized spacial score (nSPS) is 15.6. The molecule has 1 aliphatic rings. The second-order valence-electron chi connectivity index (χ2n) is 11.1. The number of aliphatic imine (C=N–C) groups is 1. The zero-order valence-corrected chi connectivity index (χ0v) is 27.6. The van der Waals surface area contributed by atoms with Crippen molar-refractivity contribution in [3.63, 3.8) is 0 Å². The Morgan fingerprint density at radius 3 is 2.55 bits per heavy atom. The first kappa shape index (κ1) is 35.1. The number of esters is 1. The van der Waals surface area contributed by atoms with E-state index in [1.165, 1.54) is 18.7 Å². The molecular weight excluding hydrogens is 576 g/mol. The summed E-state index contributed by atoms with van der Waals surface area (Å²) in [6.45, 7) is 6.44. The quantitative estimate of drug-likeness (QED) is 0.146. The highest BCUT2D eigenvalue weighted by Crippen LogP contribution is 2.35. The maximum absolute atomic E-state index is 14.0. The predicted octanol–water partition coefficient (Wildman–Crippen LogP) is 5.43. The van der Waals surface area contributed by atoms with Crippen LogP contribution < -0.4 is 15.4 Å².